The Bertz CT molecular complexity index is 664. The Morgan fingerprint density at radius 2 is 2.37 bits per heavy atom. The van der Waals surface area contributed by atoms with E-state index in [1.54, 1.807) is 4.90 Å². The number of nitrogen functional groups attached to an aromatic ring is 1. The molecule has 1 unspecified atom stereocenters. The largest absolute Gasteiger partial charge is 0.397 e. The first kappa shape index (κ1) is 12.4. The maximum Gasteiger partial charge on any atom is 0.260 e. The summed E-state index contributed by atoms with van der Waals surface area (Å²) in [5.41, 5.74) is 14.2. The van der Waals surface area contributed by atoms with E-state index in [0.717, 1.165) is 42.0 Å². The van der Waals surface area contributed by atoms with Crippen LogP contribution in [0, 0.1) is 0 Å². The highest BCUT2D eigenvalue weighted by Gasteiger charge is 2.22. The Hall–Kier alpha value is -1.66. The van der Waals surface area contributed by atoms with Crippen LogP contribution in [0.5, 0.6) is 0 Å². The Morgan fingerprint density at radius 3 is 3.05 bits per heavy atom. The minimum absolute atomic E-state index is 0.421. The van der Waals surface area contributed by atoms with Crippen molar-refractivity contribution in [3.63, 3.8) is 0 Å². The van der Waals surface area contributed by atoms with E-state index in [1.807, 2.05) is 0 Å². The second kappa shape index (κ2) is 4.47. The number of nitrogens with zero attached hydrogens (tertiary/aromatic N) is 1. The van der Waals surface area contributed by atoms with Crippen molar-refractivity contribution in [1.29, 1.82) is 0 Å². The van der Waals surface area contributed by atoms with Crippen molar-refractivity contribution in [2.45, 2.75) is 19.9 Å². The zero-order valence-corrected chi connectivity index (χ0v) is 11.6. The van der Waals surface area contributed by atoms with Crippen molar-refractivity contribution < 1.29 is 9.69 Å². The van der Waals surface area contributed by atoms with Crippen molar-refractivity contribution in [1.82, 2.24) is 4.98 Å². The monoisotopic (exact) mass is 277 g/mol. The molecular formula is C13H17N4OS+. The molecular weight excluding hydrogens is 260 g/mol. The molecule has 100 valence electrons. The van der Waals surface area contributed by atoms with Gasteiger partial charge in [-0.3, -0.25) is 4.79 Å². The normalized spacial score (nSPS) is 18.5. The molecule has 0 aromatic carbocycles. The van der Waals surface area contributed by atoms with Crippen LogP contribution in [0.4, 0.5) is 5.69 Å². The minimum atomic E-state index is -0.473. The van der Waals surface area contributed by atoms with E-state index in [1.165, 1.54) is 16.9 Å². The number of pyridine rings is 1. The molecule has 1 aliphatic heterocycles. The third-order valence-electron chi connectivity index (χ3n) is 3.77. The average Bonchev–Trinajstić information content (AvgIpc) is 2.73. The second-order valence-corrected chi connectivity index (χ2v) is 5.94. The summed E-state index contributed by atoms with van der Waals surface area (Å²) in [4.78, 5) is 18.8. The van der Waals surface area contributed by atoms with E-state index in [2.05, 4.69) is 18.0 Å². The van der Waals surface area contributed by atoms with E-state index < -0.39 is 5.91 Å². The fourth-order valence-electron chi connectivity index (χ4n) is 2.63. The highest BCUT2D eigenvalue weighted by atomic mass is 32.1. The number of hydrogen-bond donors (Lipinski definition) is 3. The van der Waals surface area contributed by atoms with Gasteiger partial charge >= 0.3 is 0 Å². The fraction of sp³-hybridized carbons (Fsp3) is 0.385. The van der Waals surface area contributed by atoms with Gasteiger partial charge in [-0.1, -0.05) is 0 Å². The lowest BCUT2D eigenvalue weighted by atomic mass is 10.0. The summed E-state index contributed by atoms with van der Waals surface area (Å²) in [5, 5.41) is 0.870. The van der Waals surface area contributed by atoms with E-state index in [0.29, 0.717) is 10.6 Å². The number of primary amides is 1. The summed E-state index contributed by atoms with van der Waals surface area (Å²) in [6.07, 6.45) is 0.984. The van der Waals surface area contributed by atoms with Crippen LogP contribution >= 0.6 is 11.3 Å². The summed E-state index contributed by atoms with van der Waals surface area (Å²) >= 11 is 1.29. The molecule has 2 aromatic heterocycles. The molecule has 5 N–H and O–H groups in total. The van der Waals surface area contributed by atoms with E-state index in [-0.39, 0.29) is 0 Å². The number of fused-ring (bicyclic) bond motifs is 2. The SMILES string of the molecule is CC[NH+]1CCc2nc3sc(C(N)=O)c(N)c3cc2C1. The van der Waals surface area contributed by atoms with Gasteiger partial charge in [0.2, 0.25) is 0 Å². The van der Waals surface area contributed by atoms with Crippen LogP contribution < -0.4 is 16.4 Å². The van der Waals surface area contributed by atoms with E-state index in [9.17, 15) is 4.79 Å². The highest BCUT2D eigenvalue weighted by Crippen LogP contribution is 2.33. The van der Waals surface area contributed by atoms with Crippen molar-refractivity contribution in [2.75, 3.05) is 18.8 Å². The predicted molar refractivity (Wildman–Crippen MR) is 76.3 cm³/mol. The molecule has 0 spiro atoms. The van der Waals surface area contributed by atoms with Gasteiger partial charge in [-0.15, -0.1) is 11.3 Å². The first-order valence-corrected chi connectivity index (χ1v) is 7.26. The first-order valence-electron chi connectivity index (χ1n) is 6.44. The first-order chi connectivity index (χ1) is 9.10. The third kappa shape index (κ3) is 1.97. The molecule has 0 fully saturated rings. The van der Waals surface area contributed by atoms with Gasteiger partial charge in [-0.25, -0.2) is 4.98 Å². The van der Waals surface area contributed by atoms with Gasteiger partial charge in [0.1, 0.15) is 16.3 Å². The molecule has 2 aromatic rings. The van der Waals surface area contributed by atoms with Crippen LogP contribution in [-0.2, 0) is 13.0 Å². The highest BCUT2D eigenvalue weighted by molar-refractivity contribution is 7.21. The summed E-state index contributed by atoms with van der Waals surface area (Å²) in [6, 6.07) is 2.09. The number of quaternary nitrogens is 1. The van der Waals surface area contributed by atoms with Gasteiger partial charge in [-0.05, 0) is 13.0 Å². The van der Waals surface area contributed by atoms with Crippen LogP contribution in [-0.4, -0.2) is 24.0 Å². The molecule has 0 aliphatic carbocycles. The van der Waals surface area contributed by atoms with Crippen molar-refractivity contribution in [3.05, 3.63) is 22.2 Å². The molecule has 0 saturated carbocycles. The lowest BCUT2D eigenvalue weighted by Crippen LogP contribution is -3.11. The van der Waals surface area contributed by atoms with Crippen molar-refractivity contribution >= 4 is 33.1 Å². The van der Waals surface area contributed by atoms with Gasteiger partial charge in [0.25, 0.3) is 5.91 Å². The molecule has 1 atom stereocenters. The lowest BCUT2D eigenvalue weighted by molar-refractivity contribution is -0.914. The van der Waals surface area contributed by atoms with Crippen LogP contribution in [0.15, 0.2) is 6.07 Å². The number of aromatic nitrogens is 1. The van der Waals surface area contributed by atoms with Crippen molar-refractivity contribution in [2.24, 2.45) is 5.73 Å². The van der Waals surface area contributed by atoms with Gasteiger partial charge < -0.3 is 16.4 Å². The maximum atomic E-state index is 11.3. The number of rotatable bonds is 2. The smallest absolute Gasteiger partial charge is 0.260 e. The third-order valence-corrected chi connectivity index (χ3v) is 4.90. The molecule has 19 heavy (non-hydrogen) atoms. The molecule has 3 heterocycles. The maximum absolute atomic E-state index is 11.3. The summed E-state index contributed by atoms with van der Waals surface area (Å²) in [5.74, 6) is -0.473. The number of carbonyl (C=O) groups excluding carboxylic acids is 1. The van der Waals surface area contributed by atoms with Crippen LogP contribution in [0.1, 0.15) is 27.9 Å². The van der Waals surface area contributed by atoms with E-state index >= 15 is 0 Å². The Kier molecular flexibility index (Phi) is 2.91. The Labute approximate surface area is 115 Å². The molecule has 0 saturated heterocycles. The molecule has 5 nitrogen and oxygen atoms in total. The van der Waals surface area contributed by atoms with Gasteiger partial charge in [-0.2, -0.15) is 0 Å². The molecule has 1 aliphatic rings. The number of likely N-dealkylation sites (N-methyl/N-ethyl adjacent to an activating group) is 1. The summed E-state index contributed by atoms with van der Waals surface area (Å²) in [6.45, 7) is 5.40. The van der Waals surface area contributed by atoms with Crippen LogP contribution in [0.2, 0.25) is 0 Å². The van der Waals surface area contributed by atoms with Crippen LogP contribution in [0.25, 0.3) is 10.2 Å². The summed E-state index contributed by atoms with van der Waals surface area (Å²) < 4.78 is 0. The number of nitrogens with one attached hydrogen (secondary N) is 1. The predicted octanol–water partition coefficient (Wildman–Crippen LogP) is -0.0617. The summed E-state index contributed by atoms with van der Waals surface area (Å²) in [7, 11) is 0. The Balaban J connectivity index is 2.14. The molecule has 6 heteroatoms. The number of carbonyl (C=O) groups is 1. The molecule has 3 rings (SSSR count). The number of hydrogen-bond acceptors (Lipinski definition) is 4. The number of nitrogens with two attached hydrogens (primary N) is 2. The van der Waals surface area contributed by atoms with Gasteiger partial charge in [0.05, 0.1) is 24.5 Å². The van der Waals surface area contributed by atoms with Crippen molar-refractivity contribution in [3.8, 4) is 0 Å². The van der Waals surface area contributed by atoms with Crippen LogP contribution in [0.3, 0.4) is 0 Å². The Morgan fingerprint density at radius 1 is 1.58 bits per heavy atom. The second-order valence-electron chi connectivity index (χ2n) is 4.94. The van der Waals surface area contributed by atoms with Gasteiger partial charge in [0.15, 0.2) is 0 Å². The topological polar surface area (TPSA) is 86.4 Å². The standard InChI is InChI=1S/C13H16N4OS/c1-2-17-4-3-9-7(6-17)5-8-10(14)11(12(15)18)19-13(8)16-9/h5H,2-4,6,14H2,1H3,(H2,15,18)/p+1. The van der Waals surface area contributed by atoms with E-state index in [4.69, 9.17) is 11.5 Å². The zero-order valence-electron chi connectivity index (χ0n) is 10.8. The average molecular weight is 277 g/mol. The quantitative estimate of drug-likeness (QED) is 0.718. The minimum Gasteiger partial charge on any atom is -0.397 e. The number of anilines is 1. The molecule has 1 amide bonds. The number of amides is 1. The molecule has 0 bridgehead atoms. The number of thiophene rings is 1. The van der Waals surface area contributed by atoms with Gasteiger partial charge in [0, 0.05) is 17.4 Å². The zero-order chi connectivity index (χ0) is 13.6. The fourth-order valence-corrected chi connectivity index (χ4v) is 3.57. The lowest BCUT2D eigenvalue weighted by Gasteiger charge is -2.24. The molecule has 0 radical (unpaired) electrons.